The first-order valence-corrected chi connectivity index (χ1v) is 6.30. The van der Waals surface area contributed by atoms with Gasteiger partial charge in [-0.1, -0.05) is 71.4 Å². The molecular formula is C15H28. The minimum absolute atomic E-state index is 0.704. The molecule has 0 spiro atoms. The van der Waals surface area contributed by atoms with Crippen molar-refractivity contribution in [3.63, 3.8) is 0 Å². The molecule has 0 fully saturated rings. The molecule has 1 rings (SSSR count). The second kappa shape index (κ2) is 11.3. The number of benzene rings is 1. The lowest BCUT2D eigenvalue weighted by Gasteiger charge is -2.07. The van der Waals surface area contributed by atoms with E-state index in [2.05, 4.69) is 45.0 Å². The molecule has 0 aliphatic carbocycles. The van der Waals surface area contributed by atoms with Crippen molar-refractivity contribution >= 4 is 0 Å². The summed E-state index contributed by atoms with van der Waals surface area (Å²) in [5.74, 6) is 0.704. The van der Waals surface area contributed by atoms with Crippen LogP contribution in [0.2, 0.25) is 0 Å². The second-order valence-corrected chi connectivity index (χ2v) is 3.22. The van der Waals surface area contributed by atoms with E-state index in [9.17, 15) is 0 Å². The summed E-state index contributed by atoms with van der Waals surface area (Å²) in [7, 11) is 0. The van der Waals surface area contributed by atoms with E-state index in [4.69, 9.17) is 0 Å². The SMILES string of the molecule is CC.CC.CC[C@H](C)c1ccc(C)cc1. The van der Waals surface area contributed by atoms with Gasteiger partial charge in [-0.3, -0.25) is 0 Å². The zero-order valence-corrected chi connectivity index (χ0v) is 11.6. The smallest absolute Gasteiger partial charge is 0.0193 e. The second-order valence-electron chi connectivity index (χ2n) is 3.22. The third-order valence-corrected chi connectivity index (χ3v) is 2.26. The summed E-state index contributed by atoms with van der Waals surface area (Å²) in [4.78, 5) is 0. The highest BCUT2D eigenvalue weighted by Crippen LogP contribution is 2.18. The first-order valence-electron chi connectivity index (χ1n) is 6.30. The van der Waals surface area contributed by atoms with Crippen molar-refractivity contribution in [3.05, 3.63) is 35.4 Å². The largest absolute Gasteiger partial charge is 0.0683 e. The fourth-order valence-corrected chi connectivity index (χ4v) is 1.13. The number of hydrogen-bond acceptors (Lipinski definition) is 0. The van der Waals surface area contributed by atoms with Gasteiger partial charge < -0.3 is 0 Å². The maximum absolute atomic E-state index is 2.27. The molecule has 0 nitrogen and oxygen atoms in total. The molecule has 0 amide bonds. The summed E-state index contributed by atoms with van der Waals surface area (Å²) in [6.45, 7) is 14.6. The van der Waals surface area contributed by atoms with Gasteiger partial charge in [0.05, 0.1) is 0 Å². The summed E-state index contributed by atoms with van der Waals surface area (Å²) >= 11 is 0. The van der Waals surface area contributed by atoms with Gasteiger partial charge in [0.2, 0.25) is 0 Å². The van der Waals surface area contributed by atoms with E-state index in [0.29, 0.717) is 5.92 Å². The zero-order valence-electron chi connectivity index (χ0n) is 11.6. The topological polar surface area (TPSA) is 0 Å². The van der Waals surface area contributed by atoms with E-state index >= 15 is 0 Å². The van der Waals surface area contributed by atoms with E-state index < -0.39 is 0 Å². The highest BCUT2D eigenvalue weighted by Gasteiger charge is 2.00. The van der Waals surface area contributed by atoms with Crippen LogP contribution in [0.25, 0.3) is 0 Å². The lowest BCUT2D eigenvalue weighted by molar-refractivity contribution is 0.733. The van der Waals surface area contributed by atoms with Gasteiger partial charge in [-0.25, -0.2) is 0 Å². The van der Waals surface area contributed by atoms with Crippen LogP contribution in [0.5, 0.6) is 0 Å². The van der Waals surface area contributed by atoms with Gasteiger partial charge in [-0.05, 0) is 24.8 Å². The van der Waals surface area contributed by atoms with Gasteiger partial charge in [0.15, 0.2) is 0 Å². The van der Waals surface area contributed by atoms with E-state index in [1.165, 1.54) is 17.5 Å². The molecule has 0 saturated carbocycles. The molecule has 1 aromatic carbocycles. The molecule has 0 bridgehead atoms. The Hall–Kier alpha value is -0.780. The lowest BCUT2D eigenvalue weighted by Crippen LogP contribution is -1.89. The molecule has 0 N–H and O–H groups in total. The molecule has 0 aliphatic heterocycles. The number of rotatable bonds is 2. The maximum Gasteiger partial charge on any atom is -0.0193 e. The summed E-state index contributed by atoms with van der Waals surface area (Å²) in [5.41, 5.74) is 2.80. The van der Waals surface area contributed by atoms with Crippen molar-refractivity contribution in [2.45, 2.75) is 60.8 Å². The minimum atomic E-state index is 0.704. The Labute approximate surface area is 96.7 Å². The fourth-order valence-electron chi connectivity index (χ4n) is 1.13. The fraction of sp³-hybridized carbons (Fsp3) is 0.600. The monoisotopic (exact) mass is 208 g/mol. The molecule has 0 heterocycles. The molecule has 0 radical (unpaired) electrons. The molecule has 0 aromatic heterocycles. The van der Waals surface area contributed by atoms with Gasteiger partial charge >= 0.3 is 0 Å². The molecular weight excluding hydrogens is 180 g/mol. The third-order valence-electron chi connectivity index (χ3n) is 2.26. The normalized spacial score (nSPS) is 10.3. The Morgan fingerprint density at radius 1 is 0.933 bits per heavy atom. The van der Waals surface area contributed by atoms with Crippen LogP contribution in [0.3, 0.4) is 0 Å². The van der Waals surface area contributed by atoms with Crippen molar-refractivity contribution < 1.29 is 0 Å². The van der Waals surface area contributed by atoms with Crippen LogP contribution in [0, 0.1) is 6.92 Å². The Kier molecular flexibility index (Phi) is 12.5. The van der Waals surface area contributed by atoms with Crippen LogP contribution in [-0.4, -0.2) is 0 Å². The predicted octanol–water partition coefficient (Wildman–Crippen LogP) is 5.56. The van der Waals surface area contributed by atoms with Crippen LogP contribution < -0.4 is 0 Å². The molecule has 0 heteroatoms. The molecule has 88 valence electrons. The first kappa shape index (κ1) is 16.6. The first-order chi connectivity index (χ1) is 7.24. The van der Waals surface area contributed by atoms with Crippen molar-refractivity contribution in [2.24, 2.45) is 0 Å². The molecule has 0 aliphatic rings. The predicted molar refractivity (Wildman–Crippen MR) is 72.6 cm³/mol. The summed E-state index contributed by atoms with van der Waals surface area (Å²) < 4.78 is 0. The van der Waals surface area contributed by atoms with Crippen LogP contribution in [0.4, 0.5) is 0 Å². The lowest BCUT2D eigenvalue weighted by atomic mass is 9.98. The van der Waals surface area contributed by atoms with E-state index in [-0.39, 0.29) is 0 Å². The quantitative estimate of drug-likeness (QED) is 0.597. The van der Waals surface area contributed by atoms with E-state index in [1.54, 1.807) is 0 Å². The van der Waals surface area contributed by atoms with Gasteiger partial charge in [0.25, 0.3) is 0 Å². The molecule has 0 unspecified atom stereocenters. The molecule has 1 atom stereocenters. The highest BCUT2D eigenvalue weighted by atomic mass is 14.0. The van der Waals surface area contributed by atoms with Crippen molar-refractivity contribution in [3.8, 4) is 0 Å². The standard InChI is InChI=1S/C11H16.2C2H6/c1-4-10(3)11-7-5-9(2)6-8-11;2*1-2/h5-8,10H,4H2,1-3H3;2*1-2H3/t10-;;/m0../s1. The van der Waals surface area contributed by atoms with Crippen LogP contribution in [-0.2, 0) is 0 Å². The summed E-state index contributed by atoms with van der Waals surface area (Å²) in [5, 5.41) is 0. The van der Waals surface area contributed by atoms with Gasteiger partial charge in [0.1, 0.15) is 0 Å². The van der Waals surface area contributed by atoms with Crippen LogP contribution in [0.15, 0.2) is 24.3 Å². The van der Waals surface area contributed by atoms with Crippen molar-refractivity contribution in [1.29, 1.82) is 0 Å². The zero-order chi connectivity index (χ0) is 12.3. The van der Waals surface area contributed by atoms with Gasteiger partial charge in [-0.15, -0.1) is 0 Å². The summed E-state index contributed by atoms with van der Waals surface area (Å²) in [6, 6.07) is 8.82. The Morgan fingerprint density at radius 2 is 1.33 bits per heavy atom. The number of hydrogen-bond donors (Lipinski definition) is 0. The molecule has 0 saturated heterocycles. The number of aryl methyl sites for hydroxylation is 1. The van der Waals surface area contributed by atoms with Crippen LogP contribution in [0.1, 0.15) is 65.0 Å². The maximum atomic E-state index is 2.27. The van der Waals surface area contributed by atoms with Gasteiger partial charge in [-0.2, -0.15) is 0 Å². The third kappa shape index (κ3) is 7.18. The van der Waals surface area contributed by atoms with E-state index in [1.807, 2.05) is 27.7 Å². The minimum Gasteiger partial charge on any atom is -0.0683 e. The molecule has 15 heavy (non-hydrogen) atoms. The van der Waals surface area contributed by atoms with E-state index in [0.717, 1.165) is 0 Å². The van der Waals surface area contributed by atoms with Crippen LogP contribution >= 0.6 is 0 Å². The average Bonchev–Trinajstić information content (AvgIpc) is 2.34. The highest BCUT2D eigenvalue weighted by molar-refractivity contribution is 5.23. The Bertz CT molecular complexity index is 208. The summed E-state index contributed by atoms with van der Waals surface area (Å²) in [6.07, 6.45) is 1.23. The van der Waals surface area contributed by atoms with Gasteiger partial charge in [0, 0.05) is 0 Å². The Morgan fingerprint density at radius 3 is 1.67 bits per heavy atom. The molecule has 1 aromatic rings. The average molecular weight is 208 g/mol. The Balaban J connectivity index is 0. The van der Waals surface area contributed by atoms with Crippen molar-refractivity contribution in [2.75, 3.05) is 0 Å². The van der Waals surface area contributed by atoms with Crippen molar-refractivity contribution in [1.82, 2.24) is 0 Å².